The first-order chi connectivity index (χ1) is 10.6. The zero-order valence-corrected chi connectivity index (χ0v) is 13.2. The summed E-state index contributed by atoms with van der Waals surface area (Å²) in [6.45, 7) is 2.00. The minimum absolute atomic E-state index is 0.0470. The number of amides is 1. The third kappa shape index (κ3) is 3.47. The molecule has 0 aliphatic carbocycles. The number of rotatable bonds is 4. The quantitative estimate of drug-likeness (QED) is 0.919. The first-order valence-corrected chi connectivity index (χ1v) is 8.59. The predicted octanol–water partition coefficient (Wildman–Crippen LogP) is 2.32. The van der Waals surface area contributed by atoms with E-state index in [9.17, 15) is 9.59 Å². The molecular weight excluding hydrogens is 304 g/mol. The van der Waals surface area contributed by atoms with Crippen molar-refractivity contribution in [3.8, 4) is 0 Å². The molecule has 1 aromatic heterocycles. The molecule has 1 amide bonds. The van der Waals surface area contributed by atoms with E-state index < -0.39 is 5.97 Å². The van der Waals surface area contributed by atoms with E-state index in [1.165, 1.54) is 11.3 Å². The summed E-state index contributed by atoms with van der Waals surface area (Å²) in [5.41, 5.74) is 0.493. The third-order valence-electron chi connectivity index (χ3n) is 4.31. The van der Waals surface area contributed by atoms with Crippen LogP contribution in [0, 0.1) is 5.92 Å². The van der Waals surface area contributed by atoms with Crippen molar-refractivity contribution in [3.63, 3.8) is 0 Å². The largest absolute Gasteiger partial charge is 0.481 e. The maximum Gasteiger partial charge on any atom is 0.303 e. The zero-order valence-electron chi connectivity index (χ0n) is 12.4. The van der Waals surface area contributed by atoms with Gasteiger partial charge in [0.05, 0.1) is 0 Å². The van der Waals surface area contributed by atoms with Crippen LogP contribution in [0.15, 0.2) is 5.38 Å². The van der Waals surface area contributed by atoms with Crippen LogP contribution in [-0.4, -0.2) is 46.6 Å². The monoisotopic (exact) mass is 324 g/mol. The molecule has 2 saturated heterocycles. The van der Waals surface area contributed by atoms with Crippen LogP contribution in [0.2, 0.25) is 0 Å². The van der Waals surface area contributed by atoms with E-state index in [-0.39, 0.29) is 24.3 Å². The van der Waals surface area contributed by atoms with Gasteiger partial charge < -0.3 is 14.7 Å². The summed E-state index contributed by atoms with van der Waals surface area (Å²) in [7, 11) is 0. The highest BCUT2D eigenvalue weighted by molar-refractivity contribution is 7.09. The Hall–Kier alpha value is -1.47. The number of piperidine rings is 1. The predicted molar refractivity (Wildman–Crippen MR) is 80.9 cm³/mol. The molecule has 6 nitrogen and oxygen atoms in total. The zero-order chi connectivity index (χ0) is 15.5. The van der Waals surface area contributed by atoms with Gasteiger partial charge in [0.15, 0.2) is 0 Å². The molecule has 1 aromatic rings. The molecule has 2 aliphatic heterocycles. The molecule has 1 unspecified atom stereocenters. The average molecular weight is 324 g/mol. The molecule has 2 fully saturated rings. The van der Waals surface area contributed by atoms with E-state index in [2.05, 4.69) is 4.98 Å². The number of hydrogen-bond acceptors (Lipinski definition) is 5. The van der Waals surface area contributed by atoms with Crippen molar-refractivity contribution in [2.45, 2.75) is 38.2 Å². The van der Waals surface area contributed by atoms with Gasteiger partial charge in [0.2, 0.25) is 0 Å². The first kappa shape index (κ1) is 15.4. The van der Waals surface area contributed by atoms with Gasteiger partial charge in [-0.1, -0.05) is 0 Å². The lowest BCUT2D eigenvalue weighted by Crippen LogP contribution is -2.39. The Morgan fingerprint density at radius 1 is 1.36 bits per heavy atom. The van der Waals surface area contributed by atoms with Crippen molar-refractivity contribution in [1.82, 2.24) is 9.88 Å². The lowest BCUT2D eigenvalue weighted by molar-refractivity contribution is -0.138. The summed E-state index contributed by atoms with van der Waals surface area (Å²) in [4.78, 5) is 29.4. The molecule has 3 heterocycles. The maximum atomic E-state index is 12.5. The summed E-state index contributed by atoms with van der Waals surface area (Å²) >= 11 is 1.49. The number of ether oxygens (including phenoxy) is 1. The van der Waals surface area contributed by atoms with E-state index in [0.29, 0.717) is 18.8 Å². The lowest BCUT2D eigenvalue weighted by atomic mass is 9.93. The molecular formula is C15H20N2O4S. The van der Waals surface area contributed by atoms with Crippen LogP contribution in [-0.2, 0) is 9.53 Å². The van der Waals surface area contributed by atoms with Crippen LogP contribution in [0.4, 0.5) is 0 Å². The van der Waals surface area contributed by atoms with Crippen molar-refractivity contribution in [1.29, 1.82) is 0 Å². The summed E-state index contributed by atoms with van der Waals surface area (Å²) in [5.74, 6) is -0.626. The summed E-state index contributed by atoms with van der Waals surface area (Å²) in [6.07, 6.45) is 3.77. The fourth-order valence-electron chi connectivity index (χ4n) is 3.06. The minimum atomic E-state index is -0.759. The summed E-state index contributed by atoms with van der Waals surface area (Å²) in [5, 5.41) is 11.5. The Labute approximate surface area is 133 Å². The van der Waals surface area contributed by atoms with Gasteiger partial charge in [0.1, 0.15) is 16.8 Å². The van der Waals surface area contributed by atoms with Crippen LogP contribution in [0.3, 0.4) is 0 Å². The molecule has 2 aliphatic rings. The molecule has 0 bridgehead atoms. The van der Waals surface area contributed by atoms with Crippen molar-refractivity contribution in [2.24, 2.45) is 5.92 Å². The first-order valence-electron chi connectivity index (χ1n) is 7.71. The number of thiazole rings is 1. The molecule has 120 valence electrons. The molecule has 1 N–H and O–H groups in total. The second kappa shape index (κ2) is 6.75. The van der Waals surface area contributed by atoms with Crippen LogP contribution >= 0.6 is 11.3 Å². The normalized spacial score (nSPS) is 22.9. The van der Waals surface area contributed by atoms with Gasteiger partial charge in [-0.2, -0.15) is 0 Å². The number of nitrogens with zero attached hydrogens (tertiary/aromatic N) is 2. The summed E-state index contributed by atoms with van der Waals surface area (Å²) in [6, 6.07) is 0. The molecule has 7 heteroatoms. The molecule has 0 spiro atoms. The van der Waals surface area contributed by atoms with Gasteiger partial charge >= 0.3 is 5.97 Å². The van der Waals surface area contributed by atoms with Gasteiger partial charge in [0.25, 0.3) is 5.91 Å². The Morgan fingerprint density at radius 3 is 2.77 bits per heavy atom. The van der Waals surface area contributed by atoms with E-state index >= 15 is 0 Å². The Bertz CT molecular complexity index is 545. The Kier molecular flexibility index (Phi) is 4.73. The van der Waals surface area contributed by atoms with Crippen LogP contribution < -0.4 is 0 Å². The van der Waals surface area contributed by atoms with Gasteiger partial charge in [0, 0.05) is 31.5 Å². The molecule has 1 atom stereocenters. The number of carbonyl (C=O) groups excluding carboxylic acids is 1. The summed E-state index contributed by atoms with van der Waals surface area (Å²) < 4.78 is 5.60. The van der Waals surface area contributed by atoms with E-state index in [4.69, 9.17) is 9.84 Å². The number of likely N-dealkylation sites (tertiary alicyclic amines) is 1. The molecule has 0 saturated carbocycles. The molecule has 0 radical (unpaired) electrons. The van der Waals surface area contributed by atoms with Crippen molar-refractivity contribution in [2.75, 3.05) is 19.7 Å². The highest BCUT2D eigenvalue weighted by Crippen LogP contribution is 2.31. The number of aromatic nitrogens is 1. The Balaban J connectivity index is 1.57. The number of carbonyl (C=O) groups is 2. The maximum absolute atomic E-state index is 12.5. The Morgan fingerprint density at radius 2 is 2.14 bits per heavy atom. The highest BCUT2D eigenvalue weighted by Gasteiger charge is 2.27. The van der Waals surface area contributed by atoms with Gasteiger partial charge in [-0.3, -0.25) is 9.59 Å². The van der Waals surface area contributed by atoms with Gasteiger partial charge in [-0.05, 0) is 31.6 Å². The second-order valence-corrected chi connectivity index (χ2v) is 6.80. The third-order valence-corrected chi connectivity index (χ3v) is 5.25. The lowest BCUT2D eigenvalue weighted by Gasteiger charge is -2.30. The fourth-order valence-corrected chi connectivity index (χ4v) is 3.93. The van der Waals surface area contributed by atoms with Crippen molar-refractivity contribution < 1.29 is 19.4 Å². The topological polar surface area (TPSA) is 79.7 Å². The van der Waals surface area contributed by atoms with Gasteiger partial charge in [-0.25, -0.2) is 4.98 Å². The van der Waals surface area contributed by atoms with E-state index in [0.717, 1.165) is 37.3 Å². The number of carboxylic acid groups (broad SMARTS) is 1. The molecule has 3 rings (SSSR count). The van der Waals surface area contributed by atoms with E-state index in [1.807, 2.05) is 5.38 Å². The van der Waals surface area contributed by atoms with Crippen molar-refractivity contribution >= 4 is 23.2 Å². The van der Waals surface area contributed by atoms with E-state index in [1.54, 1.807) is 4.90 Å². The van der Waals surface area contributed by atoms with Gasteiger partial charge in [-0.15, -0.1) is 11.3 Å². The fraction of sp³-hybridized carbons (Fsp3) is 0.667. The minimum Gasteiger partial charge on any atom is -0.481 e. The van der Waals surface area contributed by atoms with Crippen molar-refractivity contribution in [3.05, 3.63) is 16.1 Å². The number of aliphatic carboxylic acids is 1. The second-order valence-electron chi connectivity index (χ2n) is 5.91. The SMILES string of the molecule is O=C(O)CC1CCN(C(=O)c2csc(C3CCCO3)n2)CC1. The smallest absolute Gasteiger partial charge is 0.303 e. The molecule has 22 heavy (non-hydrogen) atoms. The number of carboxylic acids is 1. The van der Waals surface area contributed by atoms with Crippen LogP contribution in [0.1, 0.15) is 53.7 Å². The molecule has 0 aromatic carbocycles. The van der Waals surface area contributed by atoms with Crippen LogP contribution in [0.25, 0.3) is 0 Å². The highest BCUT2D eigenvalue weighted by atomic mass is 32.1. The standard InChI is InChI=1S/C15H20N2O4S/c18-13(19)8-10-3-5-17(6-4-10)15(20)11-9-22-14(16-11)12-2-1-7-21-12/h9-10,12H,1-8H2,(H,18,19). The number of hydrogen-bond donors (Lipinski definition) is 1. The van der Waals surface area contributed by atoms with Crippen LogP contribution in [0.5, 0.6) is 0 Å². The average Bonchev–Trinajstić information content (AvgIpc) is 3.18.